The number of hydrogen-bond donors (Lipinski definition) is 1. The van der Waals surface area contributed by atoms with E-state index >= 15 is 0 Å². The van der Waals surface area contributed by atoms with Crippen molar-refractivity contribution < 1.29 is 13.2 Å². The van der Waals surface area contributed by atoms with Crippen LogP contribution in [0.3, 0.4) is 0 Å². The first-order valence-electron chi connectivity index (χ1n) is 7.94. The van der Waals surface area contributed by atoms with Gasteiger partial charge in [0.05, 0.1) is 4.90 Å². The lowest BCUT2D eigenvalue weighted by Crippen LogP contribution is -2.40. The molecule has 128 valence electrons. The Morgan fingerprint density at radius 2 is 1.83 bits per heavy atom. The van der Waals surface area contributed by atoms with Crippen LogP contribution in [0.5, 0.6) is 0 Å². The van der Waals surface area contributed by atoms with Gasteiger partial charge in [-0.05, 0) is 35.4 Å². The Hall–Kier alpha value is -1.40. The quantitative estimate of drug-likeness (QED) is 0.914. The lowest BCUT2D eigenvalue weighted by atomic mass is 9.87. The molecule has 1 aliphatic heterocycles. The first-order chi connectivity index (χ1) is 10.6. The third kappa shape index (κ3) is 4.54. The molecule has 0 spiro atoms. The maximum atomic E-state index is 12.4. The predicted octanol–water partition coefficient (Wildman–Crippen LogP) is 2.13. The molecule has 0 bridgehead atoms. The molecule has 0 radical (unpaired) electrons. The Bertz CT molecular complexity index is 660. The molecule has 0 unspecified atom stereocenters. The van der Waals surface area contributed by atoms with Gasteiger partial charge in [-0.3, -0.25) is 4.79 Å². The first kappa shape index (κ1) is 17.9. The van der Waals surface area contributed by atoms with Crippen LogP contribution in [0.1, 0.15) is 39.2 Å². The molecule has 1 aliphatic rings. The van der Waals surface area contributed by atoms with Crippen LogP contribution in [0.2, 0.25) is 0 Å². The van der Waals surface area contributed by atoms with Crippen molar-refractivity contribution in [2.24, 2.45) is 5.92 Å². The molecule has 1 N–H and O–H groups in total. The summed E-state index contributed by atoms with van der Waals surface area (Å²) in [5.41, 5.74) is 1.09. The maximum absolute atomic E-state index is 12.4. The van der Waals surface area contributed by atoms with E-state index in [4.69, 9.17) is 0 Å². The fourth-order valence-electron chi connectivity index (χ4n) is 2.62. The maximum Gasteiger partial charge on any atom is 0.240 e. The monoisotopic (exact) mass is 338 g/mol. The van der Waals surface area contributed by atoms with Crippen LogP contribution in [-0.2, 0) is 20.2 Å². The van der Waals surface area contributed by atoms with Crippen molar-refractivity contribution in [2.45, 2.75) is 43.9 Å². The van der Waals surface area contributed by atoms with E-state index in [2.05, 4.69) is 25.5 Å². The van der Waals surface area contributed by atoms with Crippen LogP contribution < -0.4 is 4.72 Å². The van der Waals surface area contributed by atoms with Crippen LogP contribution in [0.4, 0.5) is 0 Å². The SMILES string of the molecule is CN1CC[C@H](CNS(=O)(=O)c2ccc(C(C)(C)C)cc2)CC1=O. The van der Waals surface area contributed by atoms with Crippen molar-refractivity contribution in [1.82, 2.24) is 9.62 Å². The van der Waals surface area contributed by atoms with Gasteiger partial charge in [-0.25, -0.2) is 13.1 Å². The van der Waals surface area contributed by atoms with Crippen molar-refractivity contribution in [3.63, 3.8) is 0 Å². The summed E-state index contributed by atoms with van der Waals surface area (Å²) in [7, 11) is -1.75. The third-order valence-electron chi connectivity index (χ3n) is 4.35. The first-order valence-corrected chi connectivity index (χ1v) is 9.42. The van der Waals surface area contributed by atoms with Gasteiger partial charge in [-0.15, -0.1) is 0 Å². The summed E-state index contributed by atoms with van der Waals surface area (Å²) < 4.78 is 27.4. The van der Waals surface area contributed by atoms with Gasteiger partial charge < -0.3 is 4.90 Å². The lowest BCUT2D eigenvalue weighted by Gasteiger charge is -2.28. The Morgan fingerprint density at radius 3 is 2.35 bits per heavy atom. The minimum absolute atomic E-state index is 0.00972. The zero-order chi connectivity index (χ0) is 17.3. The van der Waals surface area contributed by atoms with E-state index in [-0.39, 0.29) is 22.1 Å². The number of amides is 1. The molecule has 1 aromatic carbocycles. The minimum atomic E-state index is -3.53. The third-order valence-corrected chi connectivity index (χ3v) is 5.79. The molecule has 1 aromatic rings. The van der Waals surface area contributed by atoms with E-state index < -0.39 is 10.0 Å². The number of rotatable bonds is 4. The number of nitrogens with zero attached hydrogens (tertiary/aromatic N) is 1. The zero-order valence-corrected chi connectivity index (χ0v) is 15.1. The molecule has 1 fully saturated rings. The second-order valence-corrected chi connectivity index (χ2v) is 9.07. The van der Waals surface area contributed by atoms with Gasteiger partial charge in [-0.1, -0.05) is 32.9 Å². The summed E-state index contributed by atoms with van der Waals surface area (Å²) in [6.07, 6.45) is 1.23. The second kappa shape index (κ2) is 6.61. The van der Waals surface area contributed by atoms with Crippen LogP contribution in [-0.4, -0.2) is 39.4 Å². The van der Waals surface area contributed by atoms with Gasteiger partial charge in [0.1, 0.15) is 0 Å². The van der Waals surface area contributed by atoms with Gasteiger partial charge in [0.2, 0.25) is 15.9 Å². The van der Waals surface area contributed by atoms with Gasteiger partial charge in [0.25, 0.3) is 0 Å². The van der Waals surface area contributed by atoms with Crippen LogP contribution in [0, 0.1) is 5.92 Å². The molecule has 0 aliphatic carbocycles. The number of hydrogen-bond acceptors (Lipinski definition) is 3. The molecule has 1 atom stereocenters. The van der Waals surface area contributed by atoms with E-state index in [1.807, 2.05) is 12.1 Å². The molecular weight excluding hydrogens is 312 g/mol. The Kier molecular flexibility index (Phi) is 5.16. The number of nitrogens with one attached hydrogen (secondary N) is 1. The molecule has 0 saturated carbocycles. The number of benzene rings is 1. The van der Waals surface area contributed by atoms with Crippen molar-refractivity contribution in [2.75, 3.05) is 20.1 Å². The highest BCUT2D eigenvalue weighted by Crippen LogP contribution is 2.23. The topological polar surface area (TPSA) is 66.5 Å². The number of carbonyl (C=O) groups is 1. The van der Waals surface area contributed by atoms with E-state index in [0.717, 1.165) is 12.0 Å². The van der Waals surface area contributed by atoms with E-state index in [1.54, 1.807) is 24.1 Å². The molecule has 23 heavy (non-hydrogen) atoms. The van der Waals surface area contributed by atoms with Crippen molar-refractivity contribution >= 4 is 15.9 Å². The van der Waals surface area contributed by atoms with Crippen LogP contribution >= 0.6 is 0 Å². The summed E-state index contributed by atoms with van der Waals surface area (Å²) in [5.74, 6) is 0.150. The van der Waals surface area contributed by atoms with Gasteiger partial charge in [0, 0.05) is 26.6 Å². The average Bonchev–Trinajstić information content (AvgIpc) is 2.48. The molecule has 6 heteroatoms. The minimum Gasteiger partial charge on any atom is -0.346 e. The summed E-state index contributed by atoms with van der Waals surface area (Å²) in [4.78, 5) is 13.6. The summed E-state index contributed by atoms with van der Waals surface area (Å²) in [5, 5.41) is 0. The van der Waals surface area contributed by atoms with Crippen LogP contribution in [0.15, 0.2) is 29.2 Å². The molecule has 1 saturated heterocycles. The lowest BCUT2D eigenvalue weighted by molar-refractivity contribution is -0.133. The molecule has 0 aromatic heterocycles. The fourth-order valence-corrected chi connectivity index (χ4v) is 3.74. The zero-order valence-electron chi connectivity index (χ0n) is 14.3. The summed E-state index contributed by atoms with van der Waals surface area (Å²) in [6.45, 7) is 7.26. The largest absolute Gasteiger partial charge is 0.346 e. The van der Waals surface area contributed by atoms with Gasteiger partial charge in [-0.2, -0.15) is 0 Å². The molecule has 2 rings (SSSR count). The van der Waals surface area contributed by atoms with Crippen molar-refractivity contribution in [3.05, 3.63) is 29.8 Å². The van der Waals surface area contributed by atoms with E-state index in [1.165, 1.54) is 0 Å². The Morgan fingerprint density at radius 1 is 1.22 bits per heavy atom. The van der Waals surface area contributed by atoms with Crippen molar-refractivity contribution in [3.8, 4) is 0 Å². The average molecular weight is 338 g/mol. The van der Waals surface area contributed by atoms with Crippen LogP contribution in [0.25, 0.3) is 0 Å². The number of sulfonamides is 1. The van der Waals surface area contributed by atoms with Gasteiger partial charge in [0.15, 0.2) is 0 Å². The highest BCUT2D eigenvalue weighted by atomic mass is 32.2. The summed E-state index contributed by atoms with van der Waals surface area (Å²) >= 11 is 0. The standard InChI is InChI=1S/C17H26N2O3S/c1-17(2,3)14-5-7-15(8-6-14)23(21,22)18-12-13-9-10-19(4)16(20)11-13/h5-8,13,18H,9-12H2,1-4H3/t13-/m0/s1. The van der Waals surface area contributed by atoms with E-state index in [9.17, 15) is 13.2 Å². The Labute approximate surface area is 139 Å². The molecule has 1 heterocycles. The number of piperidine rings is 1. The second-order valence-electron chi connectivity index (χ2n) is 7.30. The molecule has 1 amide bonds. The predicted molar refractivity (Wildman–Crippen MR) is 90.7 cm³/mol. The number of carbonyl (C=O) groups excluding carboxylic acids is 1. The van der Waals surface area contributed by atoms with Crippen molar-refractivity contribution in [1.29, 1.82) is 0 Å². The Balaban J connectivity index is 2.00. The smallest absolute Gasteiger partial charge is 0.240 e. The highest BCUT2D eigenvalue weighted by Gasteiger charge is 2.25. The van der Waals surface area contributed by atoms with Gasteiger partial charge >= 0.3 is 0 Å². The number of likely N-dealkylation sites (tertiary alicyclic amines) is 1. The molecular formula is C17H26N2O3S. The summed E-state index contributed by atoms with van der Waals surface area (Å²) in [6, 6.07) is 6.99. The van der Waals surface area contributed by atoms with E-state index in [0.29, 0.717) is 19.5 Å². The molecule has 5 nitrogen and oxygen atoms in total. The fraction of sp³-hybridized carbons (Fsp3) is 0.588. The normalized spacial score (nSPS) is 19.9. The highest BCUT2D eigenvalue weighted by molar-refractivity contribution is 7.89.